The Balaban J connectivity index is 2.06. The Morgan fingerprint density at radius 1 is 1.00 bits per heavy atom. The molecule has 0 heterocycles. The third kappa shape index (κ3) is 4.81. The number of carbonyl (C=O) groups is 2. The topological polar surface area (TPSA) is 67.4 Å². The summed E-state index contributed by atoms with van der Waals surface area (Å²) in [6.07, 6.45) is -0.137. The normalized spacial score (nSPS) is 10.4. The molecule has 0 fully saturated rings. The van der Waals surface area contributed by atoms with E-state index in [1.54, 1.807) is 44.2 Å². The Bertz CT molecular complexity index is 742. The maximum atomic E-state index is 13.9. The Labute approximate surface area is 139 Å². The van der Waals surface area contributed by atoms with Crippen LogP contribution in [0.2, 0.25) is 0 Å². The molecule has 2 N–H and O–H groups in total. The average molecular weight is 330 g/mol. The predicted octanol–water partition coefficient (Wildman–Crippen LogP) is 3.82. The van der Waals surface area contributed by atoms with Crippen molar-refractivity contribution in [3.05, 3.63) is 53.8 Å². The fourth-order valence-corrected chi connectivity index (χ4v) is 2.04. The summed E-state index contributed by atoms with van der Waals surface area (Å²) in [5, 5.41) is 5.23. The highest BCUT2D eigenvalue weighted by molar-refractivity contribution is 6.04. The summed E-state index contributed by atoms with van der Waals surface area (Å²) < 4.78 is 19.2. The number of hydrogen-bond acceptors (Lipinski definition) is 3. The molecular weight excluding hydrogens is 311 g/mol. The largest absolute Gasteiger partial charge is 0.488 e. The molecule has 24 heavy (non-hydrogen) atoms. The lowest BCUT2D eigenvalue weighted by Crippen LogP contribution is -2.13. The van der Waals surface area contributed by atoms with E-state index in [1.807, 2.05) is 0 Å². The maximum Gasteiger partial charge on any atom is 0.255 e. The van der Waals surface area contributed by atoms with Gasteiger partial charge in [-0.05, 0) is 50.2 Å². The molecule has 2 aromatic rings. The lowest BCUT2D eigenvalue weighted by Gasteiger charge is -2.12. The molecule has 0 aliphatic heterocycles. The van der Waals surface area contributed by atoms with Crippen LogP contribution in [-0.4, -0.2) is 17.9 Å². The van der Waals surface area contributed by atoms with Crippen LogP contribution in [0, 0.1) is 5.82 Å². The van der Waals surface area contributed by atoms with Gasteiger partial charge in [-0.2, -0.15) is 0 Å². The van der Waals surface area contributed by atoms with E-state index in [4.69, 9.17) is 4.74 Å². The van der Waals surface area contributed by atoms with Gasteiger partial charge in [0, 0.05) is 29.9 Å². The summed E-state index contributed by atoms with van der Waals surface area (Å²) >= 11 is 0. The van der Waals surface area contributed by atoms with E-state index in [0.29, 0.717) is 16.9 Å². The van der Waals surface area contributed by atoms with E-state index in [2.05, 4.69) is 10.6 Å². The van der Waals surface area contributed by atoms with Crippen LogP contribution in [0.15, 0.2) is 42.5 Å². The number of amides is 2. The highest BCUT2D eigenvalue weighted by Crippen LogP contribution is 2.22. The van der Waals surface area contributed by atoms with Gasteiger partial charge in [-0.1, -0.05) is 0 Å². The number of benzene rings is 2. The third-order valence-corrected chi connectivity index (χ3v) is 3.02. The first-order chi connectivity index (χ1) is 11.3. The number of ether oxygens (including phenoxy) is 1. The van der Waals surface area contributed by atoms with Crippen LogP contribution in [-0.2, 0) is 4.79 Å². The van der Waals surface area contributed by atoms with E-state index in [0.717, 1.165) is 0 Å². The Morgan fingerprint density at radius 3 is 2.17 bits per heavy atom. The summed E-state index contributed by atoms with van der Waals surface area (Å²) in [7, 11) is 0. The molecule has 0 spiro atoms. The molecule has 5 nitrogen and oxygen atoms in total. The number of rotatable bonds is 5. The molecule has 0 aliphatic rings. The van der Waals surface area contributed by atoms with E-state index < -0.39 is 5.82 Å². The van der Waals surface area contributed by atoms with Crippen LogP contribution >= 0.6 is 0 Å². The van der Waals surface area contributed by atoms with Crippen molar-refractivity contribution in [2.24, 2.45) is 0 Å². The molecule has 126 valence electrons. The standard InChI is InChI=1S/C18H19FN2O3/c1-11(2)24-17-9-8-15(10-16(17)19)21-18(23)13-4-6-14(7-5-13)20-12(3)22/h4-11H,1-3H3,(H,20,22)(H,21,23). The molecule has 2 amide bonds. The summed E-state index contributed by atoms with van der Waals surface area (Å²) in [5.41, 5.74) is 1.33. The SMILES string of the molecule is CC(=O)Nc1ccc(C(=O)Nc2ccc(OC(C)C)c(F)c2)cc1. The molecule has 0 radical (unpaired) electrons. The van der Waals surface area contributed by atoms with Crippen LogP contribution in [0.5, 0.6) is 5.75 Å². The fraction of sp³-hybridized carbons (Fsp3) is 0.222. The van der Waals surface area contributed by atoms with Crippen LogP contribution in [0.1, 0.15) is 31.1 Å². The van der Waals surface area contributed by atoms with Crippen molar-refractivity contribution in [1.82, 2.24) is 0 Å². The minimum absolute atomic E-state index is 0.137. The minimum Gasteiger partial charge on any atom is -0.488 e. The Morgan fingerprint density at radius 2 is 1.62 bits per heavy atom. The predicted molar refractivity (Wildman–Crippen MR) is 90.9 cm³/mol. The van der Waals surface area contributed by atoms with Crippen LogP contribution in [0.4, 0.5) is 15.8 Å². The van der Waals surface area contributed by atoms with E-state index in [9.17, 15) is 14.0 Å². The number of anilines is 2. The first-order valence-corrected chi connectivity index (χ1v) is 7.50. The Kier molecular flexibility index (Phi) is 5.52. The molecule has 0 atom stereocenters. The monoisotopic (exact) mass is 330 g/mol. The summed E-state index contributed by atoms with van der Waals surface area (Å²) in [6, 6.07) is 10.7. The first kappa shape index (κ1) is 17.5. The molecule has 0 aliphatic carbocycles. The fourth-order valence-electron chi connectivity index (χ4n) is 2.04. The zero-order valence-corrected chi connectivity index (χ0v) is 13.7. The summed E-state index contributed by atoms with van der Waals surface area (Å²) in [4.78, 5) is 23.1. The molecule has 0 saturated carbocycles. The molecule has 2 rings (SSSR count). The summed E-state index contributed by atoms with van der Waals surface area (Å²) in [6.45, 7) is 5.02. The second kappa shape index (κ2) is 7.59. The first-order valence-electron chi connectivity index (χ1n) is 7.50. The van der Waals surface area contributed by atoms with Gasteiger partial charge < -0.3 is 15.4 Å². The second-order valence-corrected chi connectivity index (χ2v) is 5.52. The van der Waals surface area contributed by atoms with Gasteiger partial charge in [0.25, 0.3) is 5.91 Å². The van der Waals surface area contributed by atoms with Gasteiger partial charge in [-0.3, -0.25) is 9.59 Å². The number of halogens is 1. The molecular formula is C18H19FN2O3. The van der Waals surface area contributed by atoms with Crippen molar-refractivity contribution in [2.45, 2.75) is 26.9 Å². The lowest BCUT2D eigenvalue weighted by molar-refractivity contribution is -0.114. The highest BCUT2D eigenvalue weighted by atomic mass is 19.1. The maximum absolute atomic E-state index is 13.9. The van der Waals surface area contributed by atoms with Gasteiger partial charge >= 0.3 is 0 Å². The second-order valence-electron chi connectivity index (χ2n) is 5.52. The van der Waals surface area contributed by atoms with E-state index in [-0.39, 0.29) is 23.7 Å². The minimum atomic E-state index is -0.539. The highest BCUT2D eigenvalue weighted by Gasteiger charge is 2.10. The number of carbonyl (C=O) groups excluding carboxylic acids is 2. The smallest absolute Gasteiger partial charge is 0.255 e. The van der Waals surface area contributed by atoms with Crippen molar-refractivity contribution in [3.8, 4) is 5.75 Å². The zero-order chi connectivity index (χ0) is 17.7. The van der Waals surface area contributed by atoms with Crippen molar-refractivity contribution < 1.29 is 18.7 Å². The molecule has 0 aromatic heterocycles. The van der Waals surface area contributed by atoms with Gasteiger partial charge in [-0.25, -0.2) is 4.39 Å². The van der Waals surface area contributed by atoms with Crippen LogP contribution in [0.3, 0.4) is 0 Å². The zero-order valence-electron chi connectivity index (χ0n) is 13.7. The van der Waals surface area contributed by atoms with Crippen molar-refractivity contribution in [1.29, 1.82) is 0 Å². The third-order valence-electron chi connectivity index (χ3n) is 3.02. The van der Waals surface area contributed by atoms with Crippen LogP contribution < -0.4 is 15.4 Å². The number of hydrogen-bond donors (Lipinski definition) is 2. The van der Waals surface area contributed by atoms with Crippen molar-refractivity contribution in [2.75, 3.05) is 10.6 Å². The Hall–Kier alpha value is -2.89. The molecule has 6 heteroatoms. The molecule has 0 saturated heterocycles. The van der Waals surface area contributed by atoms with Crippen molar-refractivity contribution >= 4 is 23.2 Å². The van der Waals surface area contributed by atoms with Gasteiger partial charge in [0.2, 0.25) is 5.91 Å². The van der Waals surface area contributed by atoms with Crippen molar-refractivity contribution in [3.63, 3.8) is 0 Å². The van der Waals surface area contributed by atoms with Crippen LogP contribution in [0.25, 0.3) is 0 Å². The molecule has 2 aromatic carbocycles. The molecule has 0 unspecified atom stereocenters. The number of nitrogens with one attached hydrogen (secondary N) is 2. The van der Waals surface area contributed by atoms with Gasteiger partial charge in [0.1, 0.15) is 0 Å². The summed E-state index contributed by atoms with van der Waals surface area (Å²) in [5.74, 6) is -0.960. The average Bonchev–Trinajstić information content (AvgIpc) is 2.49. The van der Waals surface area contributed by atoms with Gasteiger partial charge in [-0.15, -0.1) is 0 Å². The lowest BCUT2D eigenvalue weighted by atomic mass is 10.2. The van der Waals surface area contributed by atoms with E-state index >= 15 is 0 Å². The van der Waals surface area contributed by atoms with E-state index in [1.165, 1.54) is 19.1 Å². The quantitative estimate of drug-likeness (QED) is 0.875. The van der Waals surface area contributed by atoms with Gasteiger partial charge in [0.05, 0.1) is 6.10 Å². The molecule has 0 bridgehead atoms. The van der Waals surface area contributed by atoms with Gasteiger partial charge in [0.15, 0.2) is 11.6 Å².